The van der Waals surface area contributed by atoms with E-state index in [0.29, 0.717) is 11.5 Å². The zero-order chi connectivity index (χ0) is 13.1. The topological polar surface area (TPSA) is 94.0 Å². The van der Waals surface area contributed by atoms with Crippen molar-refractivity contribution in [2.45, 2.75) is 23.9 Å². The Morgan fingerprint density at radius 1 is 1.56 bits per heavy atom. The second-order valence-corrected chi connectivity index (χ2v) is 5.98. The van der Waals surface area contributed by atoms with Gasteiger partial charge in [-0.25, -0.2) is 5.84 Å². The number of aryl methyl sites for hydroxylation is 2. The van der Waals surface area contributed by atoms with Gasteiger partial charge in [-0.1, -0.05) is 23.1 Å². The fourth-order valence-electron chi connectivity index (χ4n) is 1.38. The number of hydrogen-bond acceptors (Lipinski definition) is 7. The third-order valence-electron chi connectivity index (χ3n) is 2.15. The van der Waals surface area contributed by atoms with Crippen molar-refractivity contribution in [3.63, 3.8) is 0 Å². The minimum Gasteiger partial charge on any atom is -0.455 e. The first-order chi connectivity index (χ1) is 8.60. The molecule has 0 saturated carbocycles. The van der Waals surface area contributed by atoms with Crippen LogP contribution in [0.25, 0.3) is 0 Å². The second-order valence-electron chi connectivity index (χ2n) is 3.57. The van der Waals surface area contributed by atoms with Crippen molar-refractivity contribution in [3.05, 3.63) is 28.2 Å². The lowest BCUT2D eigenvalue weighted by atomic mass is 10.2. The molecule has 0 unspecified atom stereocenters. The summed E-state index contributed by atoms with van der Waals surface area (Å²) in [5, 5.41) is 8.86. The number of thioether (sulfide) groups is 1. The average Bonchev–Trinajstić information content (AvgIpc) is 2.92. The van der Waals surface area contributed by atoms with Gasteiger partial charge in [0.05, 0.1) is 5.75 Å². The molecule has 0 aromatic carbocycles. The molecule has 0 bridgehead atoms. The van der Waals surface area contributed by atoms with E-state index in [1.807, 2.05) is 13.0 Å². The summed E-state index contributed by atoms with van der Waals surface area (Å²) in [6.45, 7) is 3.71. The molecular weight excluding hydrogens is 272 g/mol. The van der Waals surface area contributed by atoms with Gasteiger partial charge in [0.2, 0.25) is 0 Å². The Bertz CT molecular complexity index is 564. The molecule has 96 valence electrons. The van der Waals surface area contributed by atoms with Crippen LogP contribution in [-0.4, -0.2) is 16.1 Å². The number of nitrogens with one attached hydrogen (secondary N) is 1. The zero-order valence-corrected chi connectivity index (χ0v) is 11.5. The summed E-state index contributed by atoms with van der Waals surface area (Å²) in [6.07, 6.45) is 0. The summed E-state index contributed by atoms with van der Waals surface area (Å²) in [4.78, 5) is 11.4. The SMILES string of the molecule is Cc1nnc(SCc2cc(C)c(C(=O)NN)o2)s1. The highest BCUT2D eigenvalue weighted by atomic mass is 32.2. The lowest BCUT2D eigenvalue weighted by Crippen LogP contribution is -2.30. The maximum absolute atomic E-state index is 11.4. The fourth-order valence-corrected chi connectivity index (χ4v) is 3.08. The molecule has 0 aliphatic rings. The van der Waals surface area contributed by atoms with E-state index in [0.717, 1.165) is 14.9 Å². The highest BCUT2D eigenvalue weighted by Crippen LogP contribution is 2.27. The molecule has 0 aliphatic heterocycles. The molecule has 0 atom stereocenters. The van der Waals surface area contributed by atoms with Gasteiger partial charge < -0.3 is 4.42 Å². The Balaban J connectivity index is 2.04. The number of hydrazine groups is 1. The Hall–Kier alpha value is -1.38. The number of carbonyl (C=O) groups is 1. The summed E-state index contributed by atoms with van der Waals surface area (Å²) in [5.41, 5.74) is 2.82. The van der Waals surface area contributed by atoms with Crippen molar-refractivity contribution in [1.82, 2.24) is 15.6 Å². The number of nitrogens with two attached hydrogens (primary N) is 1. The van der Waals surface area contributed by atoms with Crippen LogP contribution in [0.2, 0.25) is 0 Å². The summed E-state index contributed by atoms with van der Waals surface area (Å²) in [6, 6.07) is 1.82. The molecule has 1 amide bonds. The van der Waals surface area contributed by atoms with Gasteiger partial charge in [-0.05, 0) is 19.9 Å². The average molecular weight is 284 g/mol. The van der Waals surface area contributed by atoms with E-state index in [9.17, 15) is 4.79 Å². The van der Waals surface area contributed by atoms with Gasteiger partial charge >= 0.3 is 5.91 Å². The third-order valence-corrected chi connectivity index (χ3v) is 4.15. The van der Waals surface area contributed by atoms with Crippen LogP contribution in [0.1, 0.15) is 26.9 Å². The number of carbonyl (C=O) groups excluding carboxylic acids is 1. The van der Waals surface area contributed by atoms with Crippen LogP contribution in [0.4, 0.5) is 0 Å². The monoisotopic (exact) mass is 284 g/mol. The first-order valence-corrected chi connectivity index (χ1v) is 6.93. The lowest BCUT2D eigenvalue weighted by molar-refractivity contribution is 0.0923. The smallest absolute Gasteiger partial charge is 0.301 e. The van der Waals surface area contributed by atoms with Crippen molar-refractivity contribution in [2.24, 2.45) is 5.84 Å². The normalized spacial score (nSPS) is 10.6. The van der Waals surface area contributed by atoms with Gasteiger partial charge in [-0.15, -0.1) is 10.2 Å². The minimum absolute atomic E-state index is 0.251. The van der Waals surface area contributed by atoms with Gasteiger partial charge in [0.1, 0.15) is 10.8 Å². The summed E-state index contributed by atoms with van der Waals surface area (Å²) in [7, 11) is 0. The van der Waals surface area contributed by atoms with Crippen LogP contribution in [-0.2, 0) is 5.75 Å². The maximum Gasteiger partial charge on any atom is 0.301 e. The van der Waals surface area contributed by atoms with E-state index in [1.165, 1.54) is 23.1 Å². The number of hydrogen-bond donors (Lipinski definition) is 2. The molecule has 8 heteroatoms. The molecule has 0 radical (unpaired) electrons. The third kappa shape index (κ3) is 2.89. The molecule has 0 fully saturated rings. The standard InChI is InChI=1S/C10H12N4O2S2/c1-5-3-7(16-8(5)9(15)12-11)4-17-10-14-13-6(2)18-10/h3H,4,11H2,1-2H3,(H,12,15). The van der Waals surface area contributed by atoms with Crippen molar-refractivity contribution in [1.29, 1.82) is 0 Å². The van der Waals surface area contributed by atoms with E-state index in [1.54, 1.807) is 6.92 Å². The first-order valence-electron chi connectivity index (χ1n) is 5.13. The molecule has 0 aliphatic carbocycles. The quantitative estimate of drug-likeness (QED) is 0.384. The van der Waals surface area contributed by atoms with Crippen molar-refractivity contribution in [2.75, 3.05) is 0 Å². The molecule has 2 aromatic heterocycles. The van der Waals surface area contributed by atoms with E-state index in [2.05, 4.69) is 15.6 Å². The van der Waals surface area contributed by atoms with Gasteiger partial charge in [0.25, 0.3) is 0 Å². The number of rotatable bonds is 4. The fraction of sp³-hybridized carbons (Fsp3) is 0.300. The Kier molecular flexibility index (Phi) is 4.00. The summed E-state index contributed by atoms with van der Waals surface area (Å²) in [5.74, 6) is 6.22. The van der Waals surface area contributed by atoms with Crippen LogP contribution in [0.5, 0.6) is 0 Å². The molecule has 2 rings (SSSR count). The van der Waals surface area contributed by atoms with Crippen LogP contribution < -0.4 is 11.3 Å². The Labute approximate surface area is 112 Å². The highest BCUT2D eigenvalue weighted by Gasteiger charge is 2.15. The predicted molar refractivity (Wildman–Crippen MR) is 69.3 cm³/mol. The molecule has 18 heavy (non-hydrogen) atoms. The predicted octanol–water partition coefficient (Wildman–Crippen LogP) is 1.64. The van der Waals surface area contributed by atoms with Gasteiger partial charge in [0, 0.05) is 5.56 Å². The van der Waals surface area contributed by atoms with E-state index in [4.69, 9.17) is 10.3 Å². The van der Waals surface area contributed by atoms with Crippen LogP contribution >= 0.6 is 23.1 Å². The number of nitrogens with zero attached hydrogens (tertiary/aromatic N) is 2. The molecule has 3 N–H and O–H groups in total. The van der Waals surface area contributed by atoms with E-state index in [-0.39, 0.29) is 5.76 Å². The second kappa shape index (κ2) is 5.51. The van der Waals surface area contributed by atoms with Crippen molar-refractivity contribution < 1.29 is 9.21 Å². The lowest BCUT2D eigenvalue weighted by Gasteiger charge is -1.95. The number of furan rings is 1. The van der Waals surface area contributed by atoms with E-state index >= 15 is 0 Å². The Morgan fingerprint density at radius 3 is 2.94 bits per heavy atom. The summed E-state index contributed by atoms with van der Waals surface area (Å²) < 4.78 is 6.32. The Morgan fingerprint density at radius 2 is 2.33 bits per heavy atom. The van der Waals surface area contributed by atoms with Gasteiger partial charge in [-0.3, -0.25) is 10.2 Å². The molecule has 0 spiro atoms. The maximum atomic E-state index is 11.4. The van der Waals surface area contributed by atoms with Crippen LogP contribution in [0.15, 0.2) is 14.8 Å². The largest absolute Gasteiger partial charge is 0.455 e. The van der Waals surface area contributed by atoms with E-state index < -0.39 is 5.91 Å². The number of amides is 1. The zero-order valence-electron chi connectivity index (χ0n) is 9.89. The van der Waals surface area contributed by atoms with Gasteiger partial charge in [0.15, 0.2) is 10.1 Å². The number of aromatic nitrogens is 2. The molecule has 2 heterocycles. The van der Waals surface area contributed by atoms with Crippen LogP contribution in [0.3, 0.4) is 0 Å². The highest BCUT2D eigenvalue weighted by molar-refractivity contribution is 8.00. The molecule has 6 nitrogen and oxygen atoms in total. The molecule has 2 aromatic rings. The first kappa shape index (κ1) is 13.1. The molecular formula is C10H12N4O2S2. The van der Waals surface area contributed by atoms with Gasteiger partial charge in [-0.2, -0.15) is 0 Å². The van der Waals surface area contributed by atoms with Crippen molar-refractivity contribution >= 4 is 29.0 Å². The molecule has 0 saturated heterocycles. The van der Waals surface area contributed by atoms with Crippen LogP contribution in [0, 0.1) is 13.8 Å². The number of nitrogen functional groups attached to an aromatic ring is 1. The minimum atomic E-state index is -0.421. The summed E-state index contributed by atoms with van der Waals surface area (Å²) >= 11 is 3.05. The van der Waals surface area contributed by atoms with Crippen molar-refractivity contribution in [3.8, 4) is 0 Å².